The fourth-order valence-corrected chi connectivity index (χ4v) is 5.67. The summed E-state index contributed by atoms with van der Waals surface area (Å²) in [5.74, 6) is 3.27. The molecule has 2 fully saturated rings. The predicted octanol–water partition coefficient (Wildman–Crippen LogP) is 5.52. The molecule has 4 bridgehead atoms. The highest BCUT2D eigenvalue weighted by atomic mass is 16.6. The van der Waals surface area contributed by atoms with Gasteiger partial charge < -0.3 is 9.47 Å². The largest absolute Gasteiger partial charge is 0.449 e. The van der Waals surface area contributed by atoms with E-state index in [-0.39, 0.29) is 0 Å². The van der Waals surface area contributed by atoms with Crippen LogP contribution in [0.3, 0.4) is 0 Å². The maximum Gasteiger partial charge on any atom is 0.411 e. The van der Waals surface area contributed by atoms with Crippen molar-refractivity contribution in [3.05, 3.63) is 48.1 Å². The third-order valence-electron chi connectivity index (χ3n) is 7.41. The van der Waals surface area contributed by atoms with E-state index in [1.807, 2.05) is 13.0 Å². The Hall–Kier alpha value is -2.76. The second-order valence-electron chi connectivity index (χ2n) is 9.56. The van der Waals surface area contributed by atoms with E-state index < -0.39 is 12.2 Å². The molecule has 0 aliphatic heterocycles. The van der Waals surface area contributed by atoms with Gasteiger partial charge in [0.15, 0.2) is 0 Å². The molecule has 5 rings (SSSR count). The standard InChI is InChI=1S/C25H30N2O4/c1-15-2-7-22(26-24(28)30-13-20-10-16-3-5-18(20)8-16)12-23(15)27-25(29)31-14-21-11-17-4-6-19(21)9-17/h2-7,12,16-21H,8-11,13-14H2,1H3,(H,26,28)(H,27,29)/t16-,17-,18-,19-,20+,21-/m0/s1. The summed E-state index contributed by atoms with van der Waals surface area (Å²) in [6, 6.07) is 5.39. The van der Waals surface area contributed by atoms with Crippen LogP contribution in [-0.2, 0) is 9.47 Å². The van der Waals surface area contributed by atoms with Gasteiger partial charge in [-0.25, -0.2) is 9.59 Å². The molecule has 4 aliphatic rings. The number of rotatable bonds is 6. The maximum atomic E-state index is 12.3. The van der Waals surface area contributed by atoms with Crippen molar-refractivity contribution >= 4 is 23.6 Å². The molecule has 4 aliphatic carbocycles. The average molecular weight is 423 g/mol. The summed E-state index contributed by atoms with van der Waals surface area (Å²) in [5, 5.41) is 5.57. The van der Waals surface area contributed by atoms with Crippen molar-refractivity contribution in [2.75, 3.05) is 23.8 Å². The lowest BCUT2D eigenvalue weighted by atomic mass is 9.95. The molecule has 0 saturated heterocycles. The first-order valence-corrected chi connectivity index (χ1v) is 11.4. The fourth-order valence-electron chi connectivity index (χ4n) is 5.67. The summed E-state index contributed by atoms with van der Waals surface area (Å²) in [6.45, 7) is 2.79. The molecular formula is C25H30N2O4. The number of amides is 2. The Labute approximate surface area is 183 Å². The van der Waals surface area contributed by atoms with Gasteiger partial charge >= 0.3 is 12.2 Å². The third kappa shape index (κ3) is 4.48. The number of benzene rings is 1. The van der Waals surface area contributed by atoms with E-state index in [0.29, 0.717) is 60.1 Å². The lowest BCUT2D eigenvalue weighted by Gasteiger charge is -2.19. The van der Waals surface area contributed by atoms with Gasteiger partial charge in [-0.05, 0) is 74.0 Å². The van der Waals surface area contributed by atoms with Crippen LogP contribution in [0.5, 0.6) is 0 Å². The molecule has 2 N–H and O–H groups in total. The Bertz CT molecular complexity index is 924. The van der Waals surface area contributed by atoms with Gasteiger partial charge in [0.05, 0.1) is 13.2 Å². The highest BCUT2D eigenvalue weighted by Gasteiger charge is 2.37. The summed E-state index contributed by atoms with van der Waals surface area (Å²) in [4.78, 5) is 24.5. The van der Waals surface area contributed by atoms with Crippen molar-refractivity contribution in [3.8, 4) is 0 Å². The number of carbonyl (C=O) groups is 2. The molecule has 0 heterocycles. The number of hydrogen-bond acceptors (Lipinski definition) is 4. The van der Waals surface area contributed by atoms with Crippen molar-refractivity contribution < 1.29 is 19.1 Å². The maximum absolute atomic E-state index is 12.3. The second-order valence-corrected chi connectivity index (χ2v) is 9.56. The van der Waals surface area contributed by atoms with E-state index >= 15 is 0 Å². The fraction of sp³-hybridized carbons (Fsp3) is 0.520. The first-order chi connectivity index (χ1) is 15.0. The van der Waals surface area contributed by atoms with Crippen LogP contribution in [0, 0.1) is 42.4 Å². The van der Waals surface area contributed by atoms with E-state index in [4.69, 9.17) is 9.47 Å². The molecular weight excluding hydrogens is 392 g/mol. The topological polar surface area (TPSA) is 76.7 Å². The molecule has 164 valence electrons. The van der Waals surface area contributed by atoms with E-state index in [9.17, 15) is 9.59 Å². The molecule has 0 spiro atoms. The molecule has 0 radical (unpaired) electrons. The average Bonchev–Trinajstić information content (AvgIpc) is 3.55. The molecule has 1 aromatic carbocycles. The first kappa shape index (κ1) is 20.2. The molecule has 0 aromatic heterocycles. The van der Waals surface area contributed by atoms with Crippen LogP contribution in [0.25, 0.3) is 0 Å². The Morgan fingerprint density at radius 1 is 0.839 bits per heavy atom. The van der Waals surface area contributed by atoms with Gasteiger partial charge in [-0.3, -0.25) is 10.6 Å². The number of ether oxygens (including phenoxy) is 2. The normalized spacial score (nSPS) is 31.8. The van der Waals surface area contributed by atoms with E-state index in [1.54, 1.807) is 12.1 Å². The number of carbonyl (C=O) groups excluding carboxylic acids is 2. The summed E-state index contributed by atoms with van der Waals surface area (Å²) < 4.78 is 10.9. The molecule has 6 nitrogen and oxygen atoms in total. The first-order valence-electron chi connectivity index (χ1n) is 11.4. The zero-order valence-electron chi connectivity index (χ0n) is 17.9. The van der Waals surface area contributed by atoms with Crippen LogP contribution in [0.2, 0.25) is 0 Å². The van der Waals surface area contributed by atoms with Gasteiger partial charge in [0.25, 0.3) is 0 Å². The van der Waals surface area contributed by atoms with Crippen molar-refractivity contribution in [2.24, 2.45) is 35.5 Å². The Morgan fingerprint density at radius 2 is 1.42 bits per heavy atom. The van der Waals surface area contributed by atoms with Crippen molar-refractivity contribution in [1.82, 2.24) is 0 Å². The SMILES string of the molecule is Cc1ccc(NC(=O)OC[C@H]2C[C@H]3C=C[C@H]2C3)cc1NC(=O)OC[C@@H]1C[C@H]2C=C[C@H]1C2. The molecule has 6 atom stereocenters. The van der Waals surface area contributed by atoms with Gasteiger partial charge in [-0.2, -0.15) is 0 Å². The minimum absolute atomic E-state index is 0.426. The summed E-state index contributed by atoms with van der Waals surface area (Å²) in [6.07, 6.45) is 12.7. The Morgan fingerprint density at radius 3 is 1.94 bits per heavy atom. The van der Waals surface area contributed by atoms with Gasteiger partial charge in [0.2, 0.25) is 0 Å². The summed E-state index contributed by atoms with van der Waals surface area (Å²) in [7, 11) is 0. The van der Waals surface area contributed by atoms with E-state index in [1.165, 1.54) is 12.8 Å². The van der Waals surface area contributed by atoms with Gasteiger partial charge in [0.1, 0.15) is 0 Å². The summed E-state index contributed by atoms with van der Waals surface area (Å²) >= 11 is 0. The van der Waals surface area contributed by atoms with Crippen LogP contribution < -0.4 is 10.6 Å². The molecule has 0 unspecified atom stereocenters. The lowest BCUT2D eigenvalue weighted by molar-refractivity contribution is 0.133. The van der Waals surface area contributed by atoms with Crippen LogP contribution in [0.15, 0.2) is 42.5 Å². The van der Waals surface area contributed by atoms with Gasteiger partial charge in [-0.15, -0.1) is 0 Å². The highest BCUT2D eigenvalue weighted by molar-refractivity contribution is 5.89. The van der Waals surface area contributed by atoms with Gasteiger partial charge in [-0.1, -0.05) is 30.4 Å². The van der Waals surface area contributed by atoms with Gasteiger partial charge in [0, 0.05) is 23.2 Å². The number of nitrogens with one attached hydrogen (secondary N) is 2. The smallest absolute Gasteiger partial charge is 0.411 e. The van der Waals surface area contributed by atoms with Crippen molar-refractivity contribution in [2.45, 2.75) is 32.6 Å². The number of aryl methyl sites for hydroxylation is 1. The third-order valence-corrected chi connectivity index (χ3v) is 7.41. The van der Waals surface area contributed by atoms with Crippen LogP contribution >= 0.6 is 0 Å². The lowest BCUT2D eigenvalue weighted by Crippen LogP contribution is -2.22. The number of hydrogen-bond donors (Lipinski definition) is 2. The molecule has 2 amide bonds. The van der Waals surface area contributed by atoms with Crippen LogP contribution in [0.1, 0.15) is 31.2 Å². The molecule has 6 heteroatoms. The predicted molar refractivity (Wildman–Crippen MR) is 119 cm³/mol. The quantitative estimate of drug-likeness (QED) is 0.592. The van der Waals surface area contributed by atoms with Crippen molar-refractivity contribution in [3.63, 3.8) is 0 Å². The van der Waals surface area contributed by atoms with E-state index in [0.717, 1.165) is 18.4 Å². The molecule has 31 heavy (non-hydrogen) atoms. The minimum Gasteiger partial charge on any atom is -0.449 e. The Balaban J connectivity index is 1.10. The highest BCUT2D eigenvalue weighted by Crippen LogP contribution is 2.44. The number of anilines is 2. The number of allylic oxidation sites excluding steroid dienone is 4. The summed E-state index contributed by atoms with van der Waals surface area (Å²) in [5.41, 5.74) is 2.10. The van der Waals surface area contributed by atoms with Crippen molar-refractivity contribution in [1.29, 1.82) is 0 Å². The zero-order chi connectivity index (χ0) is 21.4. The molecule has 2 saturated carbocycles. The minimum atomic E-state index is -0.464. The Kier molecular flexibility index (Phi) is 5.47. The second kappa shape index (κ2) is 8.40. The number of fused-ring (bicyclic) bond motifs is 4. The molecule has 1 aromatic rings. The monoisotopic (exact) mass is 422 g/mol. The zero-order valence-corrected chi connectivity index (χ0v) is 17.9. The van der Waals surface area contributed by atoms with Crippen LogP contribution in [-0.4, -0.2) is 25.4 Å². The van der Waals surface area contributed by atoms with Crippen LogP contribution in [0.4, 0.5) is 21.0 Å². The van der Waals surface area contributed by atoms with E-state index in [2.05, 4.69) is 34.9 Å².